The van der Waals surface area contributed by atoms with E-state index < -0.39 is 324 Å². The number of esters is 1. The van der Waals surface area contributed by atoms with Crippen molar-refractivity contribution in [3.05, 3.63) is 0 Å². The highest BCUT2D eigenvalue weighted by molar-refractivity contribution is 5.96. The minimum absolute atomic E-state index is 0.0228. The van der Waals surface area contributed by atoms with Crippen LogP contribution < -0.4 is 74.4 Å². The SMILES string of the molecule is CC(C)(C)OC(=O)CNC(=O)C(CCC(=O)NC(CCC(=O)NCCCCCC(=O)NC(CCC(=O)NC(CCC(=O)O)C(=O)O)C(=O)NC(CCC(=O)O)C(=O)O)C(=O)NCCCCCC(=O)NC(CCC(=O)NC(CCC(=O)O)C(=O)O)C(=O)NC(CCC(=O)O)C(=O)O)NC(=O)C(CCCCNC(=O)OC(C)(C)C)NC(=O)CNC(=O)OC(C)(C)C. The third kappa shape index (κ3) is 56.8. The van der Waals surface area contributed by atoms with Crippen LogP contribution in [-0.4, -0.2) is 282 Å². The highest BCUT2D eigenvalue weighted by atomic mass is 16.6. The maximum Gasteiger partial charge on any atom is 0.408 e. The predicted molar refractivity (Wildman–Crippen MR) is 426 cm³/mol. The van der Waals surface area contributed by atoms with Crippen LogP contribution in [0.15, 0.2) is 0 Å². The second kappa shape index (κ2) is 58.4. The molecule has 0 aliphatic carbocycles. The van der Waals surface area contributed by atoms with Crippen LogP contribution in [0.4, 0.5) is 9.59 Å². The van der Waals surface area contributed by atoms with Gasteiger partial charge in [0.2, 0.25) is 70.9 Å². The molecule has 0 heterocycles. The molecule has 0 aromatic rings. The van der Waals surface area contributed by atoms with E-state index in [2.05, 4.69) is 74.4 Å². The average molecular weight is 1780 g/mol. The third-order valence-corrected chi connectivity index (χ3v) is 17.0. The Morgan fingerprint density at radius 3 is 0.855 bits per heavy atom. The third-order valence-electron chi connectivity index (χ3n) is 17.0. The van der Waals surface area contributed by atoms with Crippen LogP contribution in [0.2, 0.25) is 0 Å². The molecule has 0 aliphatic rings. The van der Waals surface area contributed by atoms with Crippen molar-refractivity contribution in [1.82, 2.24) is 74.4 Å². The van der Waals surface area contributed by atoms with Crippen LogP contribution in [0, 0.1) is 0 Å². The Balaban J connectivity index is 7.05. The number of carbonyl (C=O) groups excluding carboxylic acids is 15. The Kier molecular flexibility index (Phi) is 52.5. The topological polar surface area (TPSA) is 751 Å². The standard InChI is InChI=1S/C76H122N14O34/c1-74(2,3)122-62(106)41-80-64(108)44(88-65(109)42(18-14-17-39-79-72(120)123-75(4,5)6)85-57(97)40-81-73(121)124-76(7,8)9)22-30-54(94)82-43(63(107)78-38-16-11-13-20-53(93)84-46(67(111)90-50(71(118)119)28-36-61(104)105)24-32-56(96)87-48(69(114)115)26-34-59(100)101)21-29-51(91)77-37-15-10-12-19-52(92)83-45(66(110)89-49(70(116)117)27-35-60(102)103)23-31-55(95)86-47(68(112)113)25-33-58(98)99/h42-50H,10-41H2,1-9H3,(H,77,91)(H,78,107)(H,79,120)(H,80,108)(H,81,121)(H,82,94)(H,83,92)(H,84,93)(H,85,97)(H,86,95)(H,87,96)(H,88,109)(H,89,110)(H,90,111)(H,98,99)(H,100,101)(H,102,103)(H,104,105)(H,112,113)(H,114,115)(H,116,117)(H,118,119). The minimum atomic E-state index is -1.79. The summed E-state index contributed by atoms with van der Waals surface area (Å²) in [6.07, 6.45) is -11.1. The van der Waals surface area contributed by atoms with E-state index in [0.717, 1.165) is 0 Å². The van der Waals surface area contributed by atoms with Crippen molar-refractivity contribution in [2.24, 2.45) is 0 Å². The monoisotopic (exact) mass is 1770 g/mol. The smallest absolute Gasteiger partial charge is 0.408 e. The van der Waals surface area contributed by atoms with Crippen LogP contribution in [0.5, 0.6) is 0 Å². The van der Waals surface area contributed by atoms with Gasteiger partial charge in [0.1, 0.15) is 84.3 Å². The molecule has 0 aromatic carbocycles. The molecule has 9 atom stereocenters. The van der Waals surface area contributed by atoms with Crippen LogP contribution in [-0.2, 0) is 115 Å². The van der Waals surface area contributed by atoms with Crippen LogP contribution in [0.3, 0.4) is 0 Å². The Morgan fingerprint density at radius 2 is 0.492 bits per heavy atom. The van der Waals surface area contributed by atoms with E-state index in [1.807, 2.05) is 0 Å². The van der Waals surface area contributed by atoms with Crippen molar-refractivity contribution in [3.8, 4) is 0 Å². The Hall–Kier alpha value is -12.6. The van der Waals surface area contributed by atoms with Gasteiger partial charge in [0.05, 0.1) is 0 Å². The molecule has 700 valence electrons. The van der Waals surface area contributed by atoms with E-state index >= 15 is 0 Å². The molecule has 0 aromatic heterocycles. The molecule has 0 saturated heterocycles. The fraction of sp³-hybridized carbons (Fsp3) is 0.697. The summed E-state index contributed by atoms with van der Waals surface area (Å²) in [4.78, 5) is 292. The van der Waals surface area contributed by atoms with Gasteiger partial charge in [-0.15, -0.1) is 0 Å². The molecule has 0 rings (SSSR count). The van der Waals surface area contributed by atoms with E-state index in [4.69, 9.17) is 34.6 Å². The first-order valence-electron chi connectivity index (χ1n) is 40.1. The number of hydrogen-bond acceptors (Lipinski definition) is 26. The highest BCUT2D eigenvalue weighted by Gasteiger charge is 2.34. The number of unbranched alkanes of at least 4 members (excludes halogenated alkanes) is 5. The molecule has 0 radical (unpaired) electrons. The molecule has 0 aliphatic heterocycles. The zero-order valence-electron chi connectivity index (χ0n) is 71.0. The fourth-order valence-electron chi connectivity index (χ4n) is 10.9. The summed E-state index contributed by atoms with van der Waals surface area (Å²) >= 11 is 0. The summed E-state index contributed by atoms with van der Waals surface area (Å²) in [5.41, 5.74) is -2.84. The van der Waals surface area contributed by atoms with Crippen molar-refractivity contribution in [1.29, 1.82) is 0 Å². The first-order chi connectivity index (χ1) is 57.6. The number of carboxylic acid groups (broad SMARTS) is 8. The van der Waals surface area contributed by atoms with Crippen LogP contribution in [0.25, 0.3) is 0 Å². The lowest BCUT2D eigenvalue weighted by Crippen LogP contribution is -2.55. The largest absolute Gasteiger partial charge is 0.481 e. The Morgan fingerprint density at radius 1 is 0.226 bits per heavy atom. The fourth-order valence-corrected chi connectivity index (χ4v) is 10.9. The summed E-state index contributed by atoms with van der Waals surface area (Å²) in [6, 6.07) is -15.0. The number of alkyl carbamates (subject to hydrolysis) is 2. The van der Waals surface area contributed by atoms with Gasteiger partial charge < -0.3 is 129 Å². The maximum atomic E-state index is 14.3. The lowest BCUT2D eigenvalue weighted by atomic mass is 10.1. The quantitative estimate of drug-likeness (QED) is 0.0183. The first kappa shape index (κ1) is 111. The summed E-state index contributed by atoms with van der Waals surface area (Å²) < 4.78 is 15.7. The van der Waals surface area contributed by atoms with Crippen molar-refractivity contribution in [2.75, 3.05) is 32.7 Å². The molecule has 0 bridgehead atoms. The molecule has 9 unspecified atom stereocenters. The van der Waals surface area contributed by atoms with E-state index in [-0.39, 0.29) is 90.3 Å². The summed E-state index contributed by atoms with van der Waals surface area (Å²) in [5.74, 6) is -24.4. The first-order valence-corrected chi connectivity index (χ1v) is 40.1. The number of carbonyl (C=O) groups is 23. The molecule has 0 fully saturated rings. The minimum Gasteiger partial charge on any atom is -0.481 e. The normalized spacial score (nSPS) is 13.3. The second-order valence-electron chi connectivity index (χ2n) is 31.5. The molecule has 0 saturated carbocycles. The zero-order valence-corrected chi connectivity index (χ0v) is 71.0. The average Bonchev–Trinajstić information content (AvgIpc) is 0.877. The number of carboxylic acids is 8. The van der Waals surface area contributed by atoms with E-state index in [1.54, 1.807) is 62.3 Å². The van der Waals surface area contributed by atoms with Gasteiger partial charge in [-0.25, -0.2) is 28.8 Å². The zero-order chi connectivity index (χ0) is 94.6. The van der Waals surface area contributed by atoms with Crippen molar-refractivity contribution in [2.45, 2.75) is 307 Å². The molecular weight excluding hydrogens is 1650 g/mol. The number of hydrogen-bond donors (Lipinski definition) is 22. The van der Waals surface area contributed by atoms with Gasteiger partial charge in [-0.1, -0.05) is 12.8 Å². The molecule has 48 heteroatoms. The summed E-state index contributed by atoms with van der Waals surface area (Å²) in [5, 5.41) is 108. The Labute approximate surface area is 713 Å². The van der Waals surface area contributed by atoms with Crippen molar-refractivity contribution in [3.63, 3.8) is 0 Å². The van der Waals surface area contributed by atoms with Crippen molar-refractivity contribution >= 4 is 137 Å². The van der Waals surface area contributed by atoms with Gasteiger partial charge in [0, 0.05) is 83.8 Å². The summed E-state index contributed by atoms with van der Waals surface area (Å²) in [7, 11) is 0. The summed E-state index contributed by atoms with van der Waals surface area (Å²) in [6.45, 7) is 12.6. The van der Waals surface area contributed by atoms with Crippen LogP contribution in [0.1, 0.15) is 236 Å². The molecule has 124 heavy (non-hydrogen) atoms. The molecule has 22 N–H and O–H groups in total. The number of rotatable bonds is 63. The number of nitrogens with one attached hydrogen (secondary N) is 14. The lowest BCUT2D eigenvalue weighted by Gasteiger charge is -2.24. The molecule has 0 spiro atoms. The van der Waals surface area contributed by atoms with Gasteiger partial charge in [0.25, 0.3) is 0 Å². The maximum absolute atomic E-state index is 14.3. The predicted octanol–water partition coefficient (Wildman–Crippen LogP) is -1.70. The Bertz CT molecular complexity index is 3690. The van der Waals surface area contributed by atoms with E-state index in [1.165, 1.54) is 0 Å². The number of ether oxygens (including phenoxy) is 3. The second-order valence-corrected chi connectivity index (χ2v) is 31.5. The van der Waals surface area contributed by atoms with Crippen LogP contribution >= 0.6 is 0 Å². The van der Waals surface area contributed by atoms with E-state index in [9.17, 15) is 131 Å². The van der Waals surface area contributed by atoms with Gasteiger partial charge in [0.15, 0.2) is 0 Å². The van der Waals surface area contributed by atoms with Gasteiger partial charge in [-0.3, -0.25) is 81.5 Å². The van der Waals surface area contributed by atoms with Gasteiger partial charge >= 0.3 is 65.9 Å². The van der Waals surface area contributed by atoms with Gasteiger partial charge in [-0.2, -0.15) is 0 Å². The number of aliphatic carboxylic acids is 8. The molecular formula is C76H122N14O34. The van der Waals surface area contributed by atoms with Gasteiger partial charge in [-0.05, 0) is 159 Å². The lowest BCUT2D eigenvalue weighted by molar-refractivity contribution is -0.155. The molecule has 14 amide bonds. The molecule has 48 nitrogen and oxygen atoms in total. The highest BCUT2D eigenvalue weighted by Crippen LogP contribution is 2.15. The number of amides is 14. The van der Waals surface area contributed by atoms with Crippen molar-refractivity contribution < 1.29 is 165 Å². The van der Waals surface area contributed by atoms with E-state index in [0.29, 0.717) is 0 Å².